The second-order valence-electron chi connectivity index (χ2n) is 4.97. The van der Waals surface area contributed by atoms with Crippen LogP contribution in [0.5, 0.6) is 0 Å². The SMILES string of the molecule is NCCc1cn(Cc2ccccc2)c2ccc(Cl)cc12. The second-order valence-corrected chi connectivity index (χ2v) is 5.40. The topological polar surface area (TPSA) is 30.9 Å². The highest BCUT2D eigenvalue weighted by Gasteiger charge is 2.09. The first kappa shape index (κ1) is 13.2. The molecular weight excluding hydrogens is 268 g/mol. The quantitative estimate of drug-likeness (QED) is 0.775. The van der Waals surface area contributed by atoms with E-state index in [1.54, 1.807) is 0 Å². The van der Waals surface area contributed by atoms with Crippen LogP contribution < -0.4 is 5.73 Å². The minimum atomic E-state index is 0.650. The van der Waals surface area contributed by atoms with E-state index in [0.29, 0.717) is 6.54 Å². The van der Waals surface area contributed by atoms with E-state index in [-0.39, 0.29) is 0 Å². The summed E-state index contributed by atoms with van der Waals surface area (Å²) in [5.74, 6) is 0. The maximum Gasteiger partial charge on any atom is 0.0487 e. The van der Waals surface area contributed by atoms with Crippen molar-refractivity contribution in [3.8, 4) is 0 Å². The molecule has 2 N–H and O–H groups in total. The van der Waals surface area contributed by atoms with Gasteiger partial charge in [0.1, 0.15) is 0 Å². The third-order valence-electron chi connectivity index (χ3n) is 3.54. The van der Waals surface area contributed by atoms with Crippen molar-refractivity contribution in [3.63, 3.8) is 0 Å². The van der Waals surface area contributed by atoms with Gasteiger partial charge in [0, 0.05) is 28.7 Å². The summed E-state index contributed by atoms with van der Waals surface area (Å²) < 4.78 is 2.27. The molecule has 0 aliphatic heterocycles. The van der Waals surface area contributed by atoms with Gasteiger partial charge in [-0.25, -0.2) is 0 Å². The molecule has 0 saturated heterocycles. The second kappa shape index (κ2) is 5.70. The summed E-state index contributed by atoms with van der Waals surface area (Å²) in [6.07, 6.45) is 3.07. The molecule has 0 aliphatic carbocycles. The Hall–Kier alpha value is -1.77. The molecule has 20 heavy (non-hydrogen) atoms. The molecule has 1 aromatic heterocycles. The Balaban J connectivity index is 2.06. The van der Waals surface area contributed by atoms with Crippen molar-refractivity contribution in [2.24, 2.45) is 5.73 Å². The average molecular weight is 285 g/mol. The van der Waals surface area contributed by atoms with E-state index in [4.69, 9.17) is 17.3 Å². The zero-order valence-electron chi connectivity index (χ0n) is 11.2. The summed E-state index contributed by atoms with van der Waals surface area (Å²) in [7, 11) is 0. The molecule has 0 radical (unpaired) electrons. The fraction of sp³-hybridized carbons (Fsp3) is 0.176. The lowest BCUT2D eigenvalue weighted by Crippen LogP contribution is -2.02. The zero-order valence-corrected chi connectivity index (χ0v) is 12.0. The van der Waals surface area contributed by atoms with Gasteiger partial charge in [0.25, 0.3) is 0 Å². The third-order valence-corrected chi connectivity index (χ3v) is 3.77. The maximum absolute atomic E-state index is 6.12. The van der Waals surface area contributed by atoms with Crippen LogP contribution in [-0.4, -0.2) is 11.1 Å². The van der Waals surface area contributed by atoms with Crippen molar-refractivity contribution in [1.82, 2.24) is 4.57 Å². The summed E-state index contributed by atoms with van der Waals surface area (Å²) in [5.41, 5.74) is 9.47. The number of nitrogens with two attached hydrogens (primary N) is 1. The van der Waals surface area contributed by atoms with Gasteiger partial charge in [-0.05, 0) is 42.3 Å². The molecule has 0 bridgehead atoms. The predicted molar refractivity (Wildman–Crippen MR) is 85.3 cm³/mol. The summed E-state index contributed by atoms with van der Waals surface area (Å²) in [6.45, 7) is 1.51. The monoisotopic (exact) mass is 284 g/mol. The minimum Gasteiger partial charge on any atom is -0.343 e. The summed E-state index contributed by atoms with van der Waals surface area (Å²) in [6, 6.07) is 16.5. The summed E-state index contributed by atoms with van der Waals surface area (Å²) in [5, 5.41) is 1.98. The largest absolute Gasteiger partial charge is 0.343 e. The Labute approximate surface area is 123 Å². The molecule has 0 aliphatic rings. The Morgan fingerprint density at radius 2 is 1.85 bits per heavy atom. The van der Waals surface area contributed by atoms with Crippen molar-refractivity contribution >= 4 is 22.5 Å². The summed E-state index contributed by atoms with van der Waals surface area (Å²) >= 11 is 6.12. The van der Waals surface area contributed by atoms with Crippen LogP contribution in [0.2, 0.25) is 5.02 Å². The first-order valence-corrected chi connectivity index (χ1v) is 7.17. The smallest absolute Gasteiger partial charge is 0.0487 e. The Morgan fingerprint density at radius 3 is 2.60 bits per heavy atom. The Kier molecular flexibility index (Phi) is 3.77. The fourth-order valence-electron chi connectivity index (χ4n) is 2.61. The standard InChI is InChI=1S/C17H17ClN2/c18-15-6-7-17-16(10-15)14(8-9-19)12-20(17)11-13-4-2-1-3-5-13/h1-7,10,12H,8-9,11,19H2. The molecule has 3 rings (SSSR count). The van der Waals surface area contributed by atoms with Crippen molar-refractivity contribution in [3.05, 3.63) is 70.9 Å². The van der Waals surface area contributed by atoms with Crippen LogP contribution in [0.25, 0.3) is 10.9 Å². The van der Waals surface area contributed by atoms with Crippen molar-refractivity contribution in [1.29, 1.82) is 0 Å². The van der Waals surface area contributed by atoms with Crippen molar-refractivity contribution in [2.75, 3.05) is 6.54 Å². The third kappa shape index (κ3) is 2.58. The number of hydrogen-bond donors (Lipinski definition) is 1. The lowest BCUT2D eigenvalue weighted by molar-refractivity contribution is 0.827. The highest BCUT2D eigenvalue weighted by atomic mass is 35.5. The molecule has 2 aromatic carbocycles. The van der Waals surface area contributed by atoms with Crippen LogP contribution in [0.1, 0.15) is 11.1 Å². The zero-order chi connectivity index (χ0) is 13.9. The molecule has 0 amide bonds. The van der Waals surface area contributed by atoms with Gasteiger partial charge in [0.15, 0.2) is 0 Å². The van der Waals surface area contributed by atoms with E-state index in [1.807, 2.05) is 18.2 Å². The van der Waals surface area contributed by atoms with Crippen molar-refractivity contribution < 1.29 is 0 Å². The lowest BCUT2D eigenvalue weighted by atomic mass is 10.1. The van der Waals surface area contributed by atoms with Crippen molar-refractivity contribution in [2.45, 2.75) is 13.0 Å². The van der Waals surface area contributed by atoms with E-state index < -0.39 is 0 Å². The van der Waals surface area contributed by atoms with Gasteiger partial charge in [0.2, 0.25) is 0 Å². The van der Waals surface area contributed by atoms with Gasteiger partial charge in [-0.15, -0.1) is 0 Å². The molecule has 0 fully saturated rings. The first-order chi connectivity index (χ1) is 9.78. The van der Waals surface area contributed by atoms with E-state index in [0.717, 1.165) is 18.0 Å². The summed E-state index contributed by atoms with van der Waals surface area (Å²) in [4.78, 5) is 0. The molecular formula is C17H17ClN2. The van der Waals surface area contributed by atoms with Crippen LogP contribution in [-0.2, 0) is 13.0 Å². The van der Waals surface area contributed by atoms with Gasteiger partial charge < -0.3 is 10.3 Å². The molecule has 0 saturated carbocycles. The van der Waals surface area contributed by atoms with E-state index in [1.165, 1.54) is 22.0 Å². The molecule has 2 nitrogen and oxygen atoms in total. The van der Waals surface area contributed by atoms with E-state index >= 15 is 0 Å². The van der Waals surface area contributed by atoms with E-state index in [2.05, 4.69) is 41.1 Å². The minimum absolute atomic E-state index is 0.650. The van der Waals surface area contributed by atoms with Crippen LogP contribution in [0.3, 0.4) is 0 Å². The average Bonchev–Trinajstić information content (AvgIpc) is 2.78. The molecule has 0 unspecified atom stereocenters. The normalized spacial score (nSPS) is 11.1. The van der Waals surface area contributed by atoms with Gasteiger partial charge in [-0.1, -0.05) is 41.9 Å². The van der Waals surface area contributed by atoms with Gasteiger partial charge in [0.05, 0.1) is 0 Å². The maximum atomic E-state index is 6.12. The van der Waals surface area contributed by atoms with Gasteiger partial charge in [-0.2, -0.15) is 0 Å². The van der Waals surface area contributed by atoms with E-state index in [9.17, 15) is 0 Å². The Morgan fingerprint density at radius 1 is 1.05 bits per heavy atom. The molecule has 102 valence electrons. The number of nitrogens with zero attached hydrogens (tertiary/aromatic N) is 1. The number of halogens is 1. The molecule has 3 aromatic rings. The van der Waals surface area contributed by atoms with Crippen LogP contribution in [0.4, 0.5) is 0 Å². The van der Waals surface area contributed by atoms with Gasteiger partial charge in [-0.3, -0.25) is 0 Å². The Bertz CT molecular complexity index is 716. The fourth-order valence-corrected chi connectivity index (χ4v) is 2.78. The number of fused-ring (bicyclic) bond motifs is 1. The molecule has 1 heterocycles. The lowest BCUT2D eigenvalue weighted by Gasteiger charge is -2.05. The molecule has 0 spiro atoms. The predicted octanol–water partition coefficient (Wildman–Crippen LogP) is 3.84. The van der Waals surface area contributed by atoms with Crippen LogP contribution >= 0.6 is 11.6 Å². The number of rotatable bonds is 4. The first-order valence-electron chi connectivity index (χ1n) is 6.79. The van der Waals surface area contributed by atoms with Crippen LogP contribution in [0.15, 0.2) is 54.7 Å². The van der Waals surface area contributed by atoms with Crippen LogP contribution in [0, 0.1) is 0 Å². The molecule has 0 atom stereocenters. The molecule has 3 heteroatoms. The highest BCUT2D eigenvalue weighted by Crippen LogP contribution is 2.26. The van der Waals surface area contributed by atoms with Gasteiger partial charge >= 0.3 is 0 Å². The number of aromatic nitrogens is 1. The number of hydrogen-bond acceptors (Lipinski definition) is 1. The number of benzene rings is 2. The highest BCUT2D eigenvalue weighted by molar-refractivity contribution is 6.31.